The standard InChI is InChI=1S/C27H20F4N2O2S/c1-2-22(27(35)33-25-23(30)20(28)14-21(29)24(25)31)36-19-9-5-8-18(13-19)32-26(34)17-11-10-15-6-3-4-7-16(15)12-17/h3-14,22H,2H2,1H3,(H,32,34)(H,33,35). The van der Waals surface area contributed by atoms with Gasteiger partial charge in [0.25, 0.3) is 5.91 Å². The molecule has 0 spiro atoms. The zero-order valence-electron chi connectivity index (χ0n) is 18.9. The quantitative estimate of drug-likeness (QED) is 0.157. The molecule has 1 atom stereocenters. The molecular formula is C27H20F4N2O2S. The number of halogens is 4. The average molecular weight is 513 g/mol. The van der Waals surface area contributed by atoms with E-state index in [9.17, 15) is 27.2 Å². The minimum absolute atomic E-state index is 0.0735. The topological polar surface area (TPSA) is 58.2 Å². The van der Waals surface area contributed by atoms with Crippen LogP contribution in [0.5, 0.6) is 0 Å². The van der Waals surface area contributed by atoms with E-state index in [1.54, 1.807) is 43.3 Å². The monoisotopic (exact) mass is 512 g/mol. The minimum atomic E-state index is -1.68. The lowest BCUT2D eigenvalue weighted by Crippen LogP contribution is -2.26. The molecule has 0 bridgehead atoms. The molecule has 0 saturated heterocycles. The Morgan fingerprint density at radius 2 is 1.50 bits per heavy atom. The summed E-state index contributed by atoms with van der Waals surface area (Å²) < 4.78 is 54.9. The van der Waals surface area contributed by atoms with Crippen LogP contribution in [0.25, 0.3) is 10.8 Å². The van der Waals surface area contributed by atoms with Crippen LogP contribution in [-0.4, -0.2) is 17.1 Å². The summed E-state index contributed by atoms with van der Waals surface area (Å²) in [7, 11) is 0. The molecule has 184 valence electrons. The van der Waals surface area contributed by atoms with Crippen LogP contribution >= 0.6 is 11.8 Å². The number of nitrogens with one attached hydrogen (secondary N) is 2. The third kappa shape index (κ3) is 5.52. The fourth-order valence-electron chi connectivity index (χ4n) is 3.55. The van der Waals surface area contributed by atoms with Crippen LogP contribution in [0.15, 0.2) is 77.7 Å². The van der Waals surface area contributed by atoms with Gasteiger partial charge in [-0.25, -0.2) is 17.6 Å². The number of carbonyl (C=O) groups excluding carboxylic acids is 2. The van der Waals surface area contributed by atoms with E-state index in [2.05, 4.69) is 5.32 Å². The average Bonchev–Trinajstić information content (AvgIpc) is 2.88. The van der Waals surface area contributed by atoms with Gasteiger partial charge in [0.2, 0.25) is 5.91 Å². The second-order valence-corrected chi connectivity index (χ2v) is 9.17. The van der Waals surface area contributed by atoms with Gasteiger partial charge in [-0.05, 0) is 47.5 Å². The smallest absolute Gasteiger partial charge is 0.255 e. The van der Waals surface area contributed by atoms with Crippen molar-refractivity contribution in [3.05, 3.63) is 102 Å². The van der Waals surface area contributed by atoms with Crippen molar-refractivity contribution < 1.29 is 27.2 Å². The third-order valence-electron chi connectivity index (χ3n) is 5.41. The van der Waals surface area contributed by atoms with Gasteiger partial charge in [-0.3, -0.25) is 9.59 Å². The SMILES string of the molecule is CCC(Sc1cccc(NC(=O)c2ccc3ccccc3c2)c1)C(=O)Nc1c(F)c(F)cc(F)c1F. The van der Waals surface area contributed by atoms with Crippen molar-refractivity contribution >= 4 is 45.7 Å². The normalized spacial score (nSPS) is 11.8. The van der Waals surface area contributed by atoms with Gasteiger partial charge in [0.15, 0.2) is 23.3 Å². The number of hydrogen-bond donors (Lipinski definition) is 2. The van der Waals surface area contributed by atoms with Gasteiger partial charge in [0.1, 0.15) is 5.69 Å². The molecule has 0 fully saturated rings. The van der Waals surface area contributed by atoms with Crippen molar-refractivity contribution in [2.75, 3.05) is 10.6 Å². The first-order valence-electron chi connectivity index (χ1n) is 11.0. The van der Waals surface area contributed by atoms with Gasteiger partial charge >= 0.3 is 0 Å². The first-order valence-corrected chi connectivity index (χ1v) is 11.9. The lowest BCUT2D eigenvalue weighted by Gasteiger charge is -2.16. The van der Waals surface area contributed by atoms with Crippen LogP contribution in [0, 0.1) is 23.3 Å². The van der Waals surface area contributed by atoms with Crippen LogP contribution in [0.3, 0.4) is 0 Å². The molecule has 4 rings (SSSR count). The van der Waals surface area contributed by atoms with Crippen LogP contribution in [0.4, 0.5) is 28.9 Å². The molecule has 9 heteroatoms. The van der Waals surface area contributed by atoms with Crippen LogP contribution < -0.4 is 10.6 Å². The van der Waals surface area contributed by atoms with Gasteiger partial charge in [-0.15, -0.1) is 11.8 Å². The van der Waals surface area contributed by atoms with Gasteiger partial charge in [0, 0.05) is 22.2 Å². The molecule has 0 aliphatic rings. The van der Waals surface area contributed by atoms with Gasteiger partial charge < -0.3 is 10.6 Å². The van der Waals surface area contributed by atoms with Crippen molar-refractivity contribution in [3.8, 4) is 0 Å². The van der Waals surface area contributed by atoms with E-state index >= 15 is 0 Å². The number of carbonyl (C=O) groups is 2. The molecule has 4 aromatic carbocycles. The number of hydrogen-bond acceptors (Lipinski definition) is 3. The first kappa shape index (κ1) is 25.2. The number of benzene rings is 4. The summed E-state index contributed by atoms with van der Waals surface area (Å²) in [5.74, 6) is -7.72. The molecule has 0 saturated carbocycles. The largest absolute Gasteiger partial charge is 0.322 e. The van der Waals surface area contributed by atoms with E-state index in [1.807, 2.05) is 35.6 Å². The van der Waals surface area contributed by atoms with Gasteiger partial charge in [-0.1, -0.05) is 43.3 Å². The van der Waals surface area contributed by atoms with E-state index in [1.165, 1.54) is 0 Å². The highest BCUT2D eigenvalue weighted by molar-refractivity contribution is 8.00. The maximum absolute atomic E-state index is 14.0. The van der Waals surface area contributed by atoms with Crippen molar-refractivity contribution in [2.24, 2.45) is 0 Å². The van der Waals surface area contributed by atoms with Crippen LogP contribution in [0.2, 0.25) is 0 Å². The highest BCUT2D eigenvalue weighted by Gasteiger charge is 2.25. The molecule has 36 heavy (non-hydrogen) atoms. The number of amides is 2. The highest BCUT2D eigenvalue weighted by atomic mass is 32.2. The summed E-state index contributed by atoms with van der Waals surface area (Å²) in [4.78, 5) is 26.0. The maximum Gasteiger partial charge on any atom is 0.255 e. The number of anilines is 2. The fraction of sp³-hybridized carbons (Fsp3) is 0.111. The molecule has 2 N–H and O–H groups in total. The summed E-state index contributed by atoms with van der Waals surface area (Å²) in [5, 5.41) is 5.88. The summed E-state index contributed by atoms with van der Waals surface area (Å²) in [6.07, 6.45) is 0.255. The fourth-order valence-corrected chi connectivity index (χ4v) is 4.57. The lowest BCUT2D eigenvalue weighted by atomic mass is 10.1. The predicted octanol–water partition coefficient (Wildman–Crippen LogP) is 7.16. The summed E-state index contributed by atoms with van der Waals surface area (Å²) in [5.41, 5.74) is -0.213. The zero-order chi connectivity index (χ0) is 25.8. The van der Waals surface area contributed by atoms with Gasteiger partial charge in [0.05, 0.1) is 5.25 Å². The van der Waals surface area contributed by atoms with Crippen molar-refractivity contribution in [1.82, 2.24) is 0 Å². The molecule has 2 amide bonds. The van der Waals surface area contributed by atoms with Crippen LogP contribution in [0.1, 0.15) is 23.7 Å². The molecule has 0 heterocycles. The molecular weight excluding hydrogens is 492 g/mol. The lowest BCUT2D eigenvalue weighted by molar-refractivity contribution is -0.115. The molecule has 1 unspecified atom stereocenters. The molecule has 4 nitrogen and oxygen atoms in total. The van der Waals surface area contributed by atoms with E-state index in [0.717, 1.165) is 22.5 Å². The Hall–Kier alpha value is -3.85. The number of rotatable bonds is 7. The van der Waals surface area contributed by atoms with Crippen molar-refractivity contribution in [3.63, 3.8) is 0 Å². The molecule has 0 aliphatic carbocycles. The van der Waals surface area contributed by atoms with Crippen molar-refractivity contribution in [1.29, 1.82) is 0 Å². The molecule has 4 aromatic rings. The van der Waals surface area contributed by atoms with Gasteiger partial charge in [-0.2, -0.15) is 0 Å². The Balaban J connectivity index is 1.47. The summed E-state index contributed by atoms with van der Waals surface area (Å²) in [6, 6.07) is 19.8. The third-order valence-corrected chi connectivity index (χ3v) is 6.76. The van der Waals surface area contributed by atoms with Crippen LogP contribution in [-0.2, 0) is 4.79 Å². The molecule has 0 aromatic heterocycles. The number of thioether (sulfide) groups is 1. The Labute approximate surface area is 208 Å². The second kappa shape index (κ2) is 10.8. The Kier molecular flexibility index (Phi) is 7.59. The van der Waals surface area contributed by atoms with E-state index < -0.39 is 40.1 Å². The van der Waals surface area contributed by atoms with Crippen molar-refractivity contribution in [2.45, 2.75) is 23.5 Å². The highest BCUT2D eigenvalue weighted by Crippen LogP contribution is 2.30. The van der Waals surface area contributed by atoms with E-state index in [4.69, 9.17) is 0 Å². The molecule has 0 radical (unpaired) electrons. The number of fused-ring (bicyclic) bond motifs is 1. The zero-order valence-corrected chi connectivity index (χ0v) is 19.8. The Bertz CT molecular complexity index is 1440. The molecule has 0 aliphatic heterocycles. The predicted molar refractivity (Wildman–Crippen MR) is 133 cm³/mol. The first-order chi connectivity index (χ1) is 17.3. The maximum atomic E-state index is 14.0. The second-order valence-electron chi connectivity index (χ2n) is 7.89. The Morgan fingerprint density at radius 1 is 0.806 bits per heavy atom. The summed E-state index contributed by atoms with van der Waals surface area (Å²) in [6.45, 7) is 1.68. The van der Waals surface area contributed by atoms with E-state index in [0.29, 0.717) is 16.1 Å². The van der Waals surface area contributed by atoms with E-state index in [-0.39, 0.29) is 18.4 Å². The Morgan fingerprint density at radius 3 is 2.19 bits per heavy atom. The minimum Gasteiger partial charge on any atom is -0.322 e. The summed E-state index contributed by atoms with van der Waals surface area (Å²) >= 11 is 1.08.